The number of nitrogens with one attached hydrogen (secondary N) is 2. The average Bonchev–Trinajstić information content (AvgIpc) is 3.07. The van der Waals surface area contributed by atoms with Gasteiger partial charge >= 0.3 is 0 Å². The molecule has 4 rings (SSSR count). The first-order chi connectivity index (χ1) is 12.8. The van der Waals surface area contributed by atoms with E-state index in [0.29, 0.717) is 43.1 Å². The Kier molecular flexibility index (Phi) is 4.59. The van der Waals surface area contributed by atoms with Crippen molar-refractivity contribution >= 4 is 17.4 Å². The maximum absolute atomic E-state index is 13.4. The van der Waals surface area contributed by atoms with Crippen molar-refractivity contribution < 1.29 is 17.6 Å². The molecule has 148 valence electrons. The minimum Gasteiger partial charge on any atom is -0.367 e. The van der Waals surface area contributed by atoms with E-state index in [2.05, 4.69) is 25.7 Å². The van der Waals surface area contributed by atoms with Crippen molar-refractivity contribution in [2.75, 3.05) is 10.6 Å². The van der Waals surface area contributed by atoms with Crippen molar-refractivity contribution in [3.05, 3.63) is 12.4 Å². The first-order valence-corrected chi connectivity index (χ1v) is 9.29. The fourth-order valence-corrected chi connectivity index (χ4v) is 3.78. The molecule has 2 saturated carbocycles. The van der Waals surface area contributed by atoms with Gasteiger partial charge in [0.25, 0.3) is 5.78 Å². The Balaban J connectivity index is 1.48. The van der Waals surface area contributed by atoms with Crippen molar-refractivity contribution in [2.24, 2.45) is 0 Å². The first-order valence-electron chi connectivity index (χ1n) is 9.29. The molecule has 6 nitrogen and oxygen atoms in total. The standard InChI is InChI=1S/C17H22F4N6/c18-16(19)5-1-11(2-6-16)24-13-9-14(27-15(26-13)22-10-23-27)25-12-3-7-17(20,21)8-4-12/h9-12,25H,1-8H2,(H,22,23,24,26). The van der Waals surface area contributed by atoms with Crippen LogP contribution in [0.4, 0.5) is 29.2 Å². The van der Waals surface area contributed by atoms with Crippen molar-refractivity contribution in [3.63, 3.8) is 0 Å². The zero-order chi connectivity index (χ0) is 19.1. The Morgan fingerprint density at radius 1 is 0.889 bits per heavy atom. The zero-order valence-electron chi connectivity index (χ0n) is 14.8. The van der Waals surface area contributed by atoms with Crippen LogP contribution in [0.5, 0.6) is 0 Å². The number of alkyl halides is 4. The number of hydrogen-bond donors (Lipinski definition) is 2. The highest BCUT2D eigenvalue weighted by atomic mass is 19.3. The van der Waals surface area contributed by atoms with Gasteiger partial charge in [0.2, 0.25) is 11.8 Å². The second kappa shape index (κ2) is 6.79. The minimum absolute atomic E-state index is 0.0799. The highest BCUT2D eigenvalue weighted by molar-refractivity contribution is 5.54. The highest BCUT2D eigenvalue weighted by Crippen LogP contribution is 2.35. The molecular formula is C17H22F4N6. The Labute approximate surface area is 153 Å². The van der Waals surface area contributed by atoms with E-state index in [1.54, 1.807) is 6.07 Å². The summed E-state index contributed by atoms with van der Waals surface area (Å²) in [6.07, 6.45) is 2.28. The van der Waals surface area contributed by atoms with Crippen LogP contribution in [0.15, 0.2) is 12.4 Å². The van der Waals surface area contributed by atoms with Gasteiger partial charge in [0.05, 0.1) is 0 Å². The molecule has 2 aliphatic carbocycles. The van der Waals surface area contributed by atoms with E-state index in [1.165, 1.54) is 10.8 Å². The summed E-state index contributed by atoms with van der Waals surface area (Å²) >= 11 is 0. The third kappa shape index (κ3) is 4.24. The second-order valence-corrected chi connectivity index (χ2v) is 7.55. The van der Waals surface area contributed by atoms with Crippen LogP contribution in [0.3, 0.4) is 0 Å². The minimum atomic E-state index is -2.59. The van der Waals surface area contributed by atoms with E-state index >= 15 is 0 Å². The van der Waals surface area contributed by atoms with Gasteiger partial charge in [0.15, 0.2) is 0 Å². The molecule has 0 saturated heterocycles. The summed E-state index contributed by atoms with van der Waals surface area (Å²) in [5.74, 6) is -3.68. The van der Waals surface area contributed by atoms with Gasteiger partial charge in [-0.1, -0.05) is 0 Å². The van der Waals surface area contributed by atoms with Crippen molar-refractivity contribution in [2.45, 2.75) is 75.3 Å². The molecule has 2 N–H and O–H groups in total. The van der Waals surface area contributed by atoms with E-state index in [4.69, 9.17) is 0 Å². The monoisotopic (exact) mass is 386 g/mol. The first kappa shape index (κ1) is 18.2. The lowest BCUT2D eigenvalue weighted by Crippen LogP contribution is -2.33. The number of hydrogen-bond acceptors (Lipinski definition) is 5. The van der Waals surface area contributed by atoms with Crippen LogP contribution in [-0.2, 0) is 0 Å². The Morgan fingerprint density at radius 2 is 1.44 bits per heavy atom. The number of anilines is 2. The van der Waals surface area contributed by atoms with Crippen LogP contribution in [0, 0.1) is 0 Å². The van der Waals surface area contributed by atoms with Crippen LogP contribution in [0.25, 0.3) is 5.78 Å². The zero-order valence-corrected chi connectivity index (χ0v) is 14.8. The molecule has 0 aromatic carbocycles. The molecule has 0 radical (unpaired) electrons. The van der Waals surface area contributed by atoms with Crippen molar-refractivity contribution in [1.29, 1.82) is 0 Å². The summed E-state index contributed by atoms with van der Waals surface area (Å²) in [5.41, 5.74) is 0. The van der Waals surface area contributed by atoms with Crippen LogP contribution in [0.1, 0.15) is 51.4 Å². The Bertz CT molecular complexity index is 788. The lowest BCUT2D eigenvalue weighted by molar-refractivity contribution is -0.0366. The fourth-order valence-electron chi connectivity index (χ4n) is 3.78. The van der Waals surface area contributed by atoms with Crippen molar-refractivity contribution in [1.82, 2.24) is 19.6 Å². The van der Waals surface area contributed by atoms with Gasteiger partial charge in [-0.3, -0.25) is 0 Å². The van der Waals surface area contributed by atoms with Gasteiger partial charge in [-0.25, -0.2) is 17.6 Å². The van der Waals surface area contributed by atoms with E-state index in [1.807, 2.05) is 0 Å². The highest BCUT2D eigenvalue weighted by Gasteiger charge is 2.36. The summed E-state index contributed by atoms with van der Waals surface area (Å²) < 4.78 is 54.9. The molecule has 2 aromatic heterocycles. The van der Waals surface area contributed by atoms with E-state index in [-0.39, 0.29) is 37.8 Å². The molecule has 0 atom stereocenters. The second-order valence-electron chi connectivity index (χ2n) is 7.55. The maximum atomic E-state index is 13.4. The third-order valence-corrected chi connectivity index (χ3v) is 5.39. The molecule has 2 aromatic rings. The number of halogens is 4. The maximum Gasteiger partial charge on any atom is 0.256 e. The Hall–Kier alpha value is -2.13. The molecule has 2 aliphatic rings. The average molecular weight is 386 g/mol. The van der Waals surface area contributed by atoms with Gasteiger partial charge in [-0.15, -0.1) is 0 Å². The summed E-state index contributed by atoms with van der Waals surface area (Å²) in [4.78, 5) is 8.47. The van der Waals surface area contributed by atoms with Crippen LogP contribution in [0.2, 0.25) is 0 Å². The normalized spacial score (nSPS) is 23.4. The van der Waals surface area contributed by atoms with Gasteiger partial charge < -0.3 is 10.6 Å². The molecular weight excluding hydrogens is 364 g/mol. The predicted molar refractivity (Wildman–Crippen MR) is 92.4 cm³/mol. The van der Waals surface area contributed by atoms with Gasteiger partial charge in [0.1, 0.15) is 18.0 Å². The molecule has 0 bridgehead atoms. The molecule has 0 unspecified atom stereocenters. The smallest absolute Gasteiger partial charge is 0.256 e. The summed E-state index contributed by atoms with van der Waals surface area (Å²) in [6.45, 7) is 0. The molecule has 0 amide bonds. The Morgan fingerprint density at radius 3 is 2.04 bits per heavy atom. The van der Waals surface area contributed by atoms with E-state index in [0.717, 1.165) is 0 Å². The van der Waals surface area contributed by atoms with Crippen molar-refractivity contribution in [3.8, 4) is 0 Å². The molecule has 27 heavy (non-hydrogen) atoms. The summed E-state index contributed by atoms with van der Waals surface area (Å²) in [7, 11) is 0. The molecule has 0 spiro atoms. The van der Waals surface area contributed by atoms with Gasteiger partial charge in [-0.05, 0) is 25.7 Å². The molecule has 0 aliphatic heterocycles. The summed E-state index contributed by atoms with van der Waals surface area (Å²) in [6, 6.07) is 1.57. The van der Waals surface area contributed by atoms with E-state index in [9.17, 15) is 17.6 Å². The number of aromatic nitrogens is 4. The van der Waals surface area contributed by atoms with Gasteiger partial charge in [0, 0.05) is 43.8 Å². The molecule has 2 heterocycles. The number of rotatable bonds is 4. The third-order valence-electron chi connectivity index (χ3n) is 5.39. The molecule has 2 fully saturated rings. The van der Waals surface area contributed by atoms with Crippen LogP contribution >= 0.6 is 0 Å². The SMILES string of the molecule is FC1(F)CCC(Nc2cc(NC3CCC(F)(F)CC3)n3ncnc3n2)CC1. The van der Waals surface area contributed by atoms with E-state index < -0.39 is 11.8 Å². The number of fused-ring (bicyclic) bond motifs is 1. The van der Waals surface area contributed by atoms with Gasteiger partial charge in [-0.2, -0.15) is 19.6 Å². The topological polar surface area (TPSA) is 67.1 Å². The summed E-state index contributed by atoms with van der Waals surface area (Å²) in [5, 5.41) is 10.6. The lowest BCUT2D eigenvalue weighted by Gasteiger charge is -2.30. The van der Waals surface area contributed by atoms with Crippen LogP contribution in [-0.4, -0.2) is 43.5 Å². The largest absolute Gasteiger partial charge is 0.367 e. The molecule has 10 heteroatoms. The quantitative estimate of drug-likeness (QED) is 0.775. The lowest BCUT2D eigenvalue weighted by atomic mass is 9.92. The van der Waals surface area contributed by atoms with Crippen LogP contribution < -0.4 is 10.6 Å². The predicted octanol–water partition coefficient (Wildman–Crippen LogP) is 4.10. The number of nitrogens with zero attached hydrogens (tertiary/aromatic N) is 4. The fraction of sp³-hybridized carbons (Fsp3) is 0.706.